The summed E-state index contributed by atoms with van der Waals surface area (Å²) in [6, 6.07) is 23.8. The number of benzene rings is 2. The van der Waals surface area contributed by atoms with E-state index in [1.165, 1.54) is 17.3 Å². The number of ether oxygens (including phenoxy) is 1. The zero-order valence-electron chi connectivity index (χ0n) is 31.3. The molecule has 2 amide bonds. The highest BCUT2D eigenvalue weighted by molar-refractivity contribution is 5.77. The van der Waals surface area contributed by atoms with E-state index in [0.717, 1.165) is 56.2 Å². The Morgan fingerprint density at radius 2 is 1.67 bits per heavy atom. The Balaban J connectivity index is 0.000000329. The molecule has 6 rings (SSSR count). The fourth-order valence-electron chi connectivity index (χ4n) is 6.16. The first kappa shape index (κ1) is 44.2. The molecule has 0 spiro atoms. The first-order valence-electron chi connectivity index (χ1n) is 18.0. The highest BCUT2D eigenvalue weighted by Gasteiger charge is 2.36. The van der Waals surface area contributed by atoms with Crippen LogP contribution < -0.4 is 15.8 Å². The van der Waals surface area contributed by atoms with Crippen molar-refractivity contribution in [3.8, 4) is 30.1 Å². The predicted molar refractivity (Wildman–Crippen MR) is 204 cm³/mol. The van der Waals surface area contributed by atoms with E-state index >= 15 is 0 Å². The molecule has 1 fully saturated rings. The highest BCUT2D eigenvalue weighted by Crippen LogP contribution is 2.31. The van der Waals surface area contributed by atoms with E-state index in [-0.39, 0.29) is 23.8 Å². The number of nitrogens with zero attached hydrogens (tertiary/aromatic N) is 4. The molecule has 1 unspecified atom stereocenters. The number of aryl methyl sites for hydroxylation is 1. The van der Waals surface area contributed by atoms with Crippen molar-refractivity contribution in [2.75, 3.05) is 45.9 Å². The molecule has 296 valence electrons. The Labute approximate surface area is 321 Å². The third kappa shape index (κ3) is 14.8. The number of β-amino-alcohol motifs (C(OH)–C–C–N with tert-alkyl or cyclic N) is 1. The van der Waals surface area contributed by atoms with Crippen molar-refractivity contribution in [3.05, 3.63) is 102 Å². The van der Waals surface area contributed by atoms with E-state index in [9.17, 15) is 27.9 Å². The first-order chi connectivity index (χ1) is 26.4. The number of amides is 2. The molecule has 0 radical (unpaired) electrons. The van der Waals surface area contributed by atoms with Gasteiger partial charge in [-0.2, -0.15) is 13.2 Å². The van der Waals surface area contributed by atoms with Gasteiger partial charge >= 0.3 is 6.18 Å². The van der Waals surface area contributed by atoms with Gasteiger partial charge in [0.2, 0.25) is 18.2 Å². The number of hydrogen-bond acceptors (Lipinski definition) is 9. The second-order valence-electron chi connectivity index (χ2n) is 13.4. The Hall–Kier alpha value is -5.23. The Morgan fingerprint density at radius 1 is 1.00 bits per heavy atom. The third-order valence-corrected chi connectivity index (χ3v) is 9.07. The van der Waals surface area contributed by atoms with Gasteiger partial charge in [-0.3, -0.25) is 24.4 Å². The van der Waals surface area contributed by atoms with Gasteiger partial charge in [0.05, 0.1) is 24.4 Å². The lowest BCUT2D eigenvalue weighted by atomic mass is 9.93. The fourth-order valence-corrected chi connectivity index (χ4v) is 6.16. The number of para-hydroxylation sites is 1. The third-order valence-electron chi connectivity index (χ3n) is 9.07. The van der Waals surface area contributed by atoms with Crippen LogP contribution in [-0.4, -0.2) is 95.3 Å². The van der Waals surface area contributed by atoms with E-state index < -0.39 is 18.8 Å². The zero-order valence-corrected chi connectivity index (χ0v) is 31.3. The Morgan fingerprint density at radius 3 is 2.27 bits per heavy atom. The monoisotopic (exact) mass is 764 g/mol. The van der Waals surface area contributed by atoms with Crippen LogP contribution in [0.25, 0.3) is 11.5 Å². The number of pyridine rings is 1. The molecule has 2 aromatic heterocycles. The summed E-state index contributed by atoms with van der Waals surface area (Å²) >= 11 is 0. The summed E-state index contributed by atoms with van der Waals surface area (Å²) in [5.74, 6) is 1.65. The number of primary amides is 1. The molecule has 4 N–H and O–H groups in total. The summed E-state index contributed by atoms with van der Waals surface area (Å²) in [5.41, 5.74) is 8.44. The van der Waals surface area contributed by atoms with Gasteiger partial charge in [-0.05, 0) is 68.9 Å². The van der Waals surface area contributed by atoms with E-state index in [1.54, 1.807) is 12.4 Å². The molecule has 2 aromatic carbocycles. The summed E-state index contributed by atoms with van der Waals surface area (Å²) in [6.07, 6.45) is 9.83. The molecule has 2 aliphatic heterocycles. The number of aliphatic hydroxyl groups is 1. The van der Waals surface area contributed by atoms with E-state index in [2.05, 4.69) is 58.6 Å². The number of aliphatic hydroxyl groups excluding tert-OH is 1. The molecule has 0 saturated carbocycles. The fraction of sp³-hybridized carbons (Fsp3) is 0.415. The molecule has 4 aromatic rings. The van der Waals surface area contributed by atoms with Crippen molar-refractivity contribution in [2.45, 2.75) is 57.3 Å². The normalized spacial score (nSPS) is 15.4. The number of aromatic nitrogens is 2. The molecular weight excluding hydrogens is 713 g/mol. The SMILES string of the molecule is C#C.CC(C)(c1ncc(-c2ccccn2)o1)N1CCN(CC(O)C[C@@H](Cc2ccccc2)C(N)=O)CC1.O=CNCC(F)(F)F.c1ccc2c(c1)CCCO2. The molecule has 2 aliphatic rings. The largest absolute Gasteiger partial charge is 0.493 e. The van der Waals surface area contributed by atoms with Gasteiger partial charge in [0.1, 0.15) is 18.0 Å². The molecule has 4 heterocycles. The van der Waals surface area contributed by atoms with Crippen LogP contribution in [0.3, 0.4) is 0 Å². The van der Waals surface area contributed by atoms with Crippen molar-refractivity contribution in [1.82, 2.24) is 25.1 Å². The molecule has 2 atom stereocenters. The van der Waals surface area contributed by atoms with Gasteiger partial charge < -0.3 is 25.3 Å². The standard InChI is InChI=1S/C27H35N5O3.C9H10O.C3H4F3NO.C2H2/c1-27(2,26-30-18-24(35-26)23-10-6-7-11-29-23)32-14-12-31(13-15-32)19-22(33)17-21(25(28)34)16-20-8-4-3-5-9-20;1-2-6-9-8(4-1)5-3-7-10-9;4-3(5,6)1-7-2-8;1-2/h3-11,18,21-22,33H,12-17,19H2,1-2H3,(H2,28,34);1-2,4,6H,3,5,7H2;2H,1H2,(H,7,8);1-2H/t21-,22?;;;/m1.../s1. The van der Waals surface area contributed by atoms with Crippen LogP contribution in [-0.2, 0) is 28.0 Å². The molecule has 11 nitrogen and oxygen atoms in total. The Bertz CT molecular complexity index is 1700. The molecular formula is C41H51F3N6O5. The number of rotatable bonds is 12. The summed E-state index contributed by atoms with van der Waals surface area (Å²) in [5, 5.41) is 12.2. The summed E-state index contributed by atoms with van der Waals surface area (Å²) < 4.78 is 44.6. The number of carbonyl (C=O) groups excluding carboxylic acids is 2. The summed E-state index contributed by atoms with van der Waals surface area (Å²) in [7, 11) is 0. The van der Waals surface area contributed by atoms with Crippen molar-refractivity contribution in [3.63, 3.8) is 0 Å². The Kier molecular flexibility index (Phi) is 17.8. The lowest BCUT2D eigenvalue weighted by Crippen LogP contribution is -2.54. The average molecular weight is 765 g/mol. The number of fused-ring (bicyclic) bond motifs is 1. The number of piperazine rings is 1. The number of nitrogens with two attached hydrogens (primary N) is 1. The minimum atomic E-state index is -4.29. The van der Waals surface area contributed by atoms with E-state index in [1.807, 2.05) is 60.7 Å². The lowest BCUT2D eigenvalue weighted by Gasteiger charge is -2.42. The van der Waals surface area contributed by atoms with Crippen molar-refractivity contribution in [1.29, 1.82) is 0 Å². The summed E-state index contributed by atoms with van der Waals surface area (Å²) in [4.78, 5) is 34.7. The van der Waals surface area contributed by atoms with Gasteiger partial charge in [0.15, 0.2) is 5.76 Å². The topological polar surface area (TPSA) is 147 Å². The number of alkyl halides is 3. The lowest BCUT2D eigenvalue weighted by molar-refractivity contribution is -0.132. The number of terminal acetylenes is 1. The van der Waals surface area contributed by atoms with Crippen LogP contribution in [0.4, 0.5) is 13.2 Å². The highest BCUT2D eigenvalue weighted by atomic mass is 19.4. The van der Waals surface area contributed by atoms with Crippen molar-refractivity contribution < 1.29 is 37.0 Å². The maximum Gasteiger partial charge on any atom is 0.405 e. The number of oxazole rings is 1. The maximum atomic E-state index is 12.0. The van der Waals surface area contributed by atoms with Crippen LogP contribution in [0, 0.1) is 18.8 Å². The quantitative estimate of drug-likeness (QED) is 0.130. The second kappa shape index (κ2) is 22.2. The van der Waals surface area contributed by atoms with Crippen LogP contribution in [0.5, 0.6) is 5.75 Å². The van der Waals surface area contributed by atoms with Crippen LogP contribution in [0.15, 0.2) is 89.6 Å². The van der Waals surface area contributed by atoms with Crippen molar-refractivity contribution >= 4 is 12.3 Å². The second-order valence-corrected chi connectivity index (χ2v) is 13.4. The van der Waals surface area contributed by atoms with Gasteiger partial charge in [0.25, 0.3) is 0 Å². The average Bonchev–Trinajstić information content (AvgIpc) is 3.71. The smallest absolute Gasteiger partial charge is 0.405 e. The minimum absolute atomic E-state index is 0.00743. The molecule has 55 heavy (non-hydrogen) atoms. The van der Waals surface area contributed by atoms with Gasteiger partial charge in [-0.25, -0.2) is 4.98 Å². The first-order valence-corrected chi connectivity index (χ1v) is 18.0. The van der Waals surface area contributed by atoms with Crippen LogP contribution in [0.2, 0.25) is 0 Å². The number of carbonyl (C=O) groups is 2. The van der Waals surface area contributed by atoms with Crippen LogP contribution in [0.1, 0.15) is 43.7 Å². The van der Waals surface area contributed by atoms with E-state index in [0.29, 0.717) is 31.0 Å². The number of nitrogens with one attached hydrogen (secondary N) is 1. The summed E-state index contributed by atoms with van der Waals surface area (Å²) in [6.45, 7) is 7.67. The van der Waals surface area contributed by atoms with Crippen molar-refractivity contribution in [2.24, 2.45) is 11.7 Å². The minimum Gasteiger partial charge on any atom is -0.493 e. The zero-order chi connectivity index (χ0) is 40.3. The van der Waals surface area contributed by atoms with Gasteiger partial charge in [-0.15, -0.1) is 12.8 Å². The number of hydrogen-bond donors (Lipinski definition) is 3. The maximum absolute atomic E-state index is 12.0. The molecule has 1 saturated heterocycles. The van der Waals surface area contributed by atoms with Gasteiger partial charge in [-0.1, -0.05) is 54.6 Å². The van der Waals surface area contributed by atoms with Crippen LogP contribution >= 0.6 is 0 Å². The molecule has 14 heteroatoms. The molecule has 0 aliphatic carbocycles. The number of halogens is 3. The van der Waals surface area contributed by atoms with Gasteiger partial charge in [0, 0.05) is 44.8 Å². The predicted octanol–water partition coefficient (Wildman–Crippen LogP) is 5.24. The molecule has 0 bridgehead atoms. The van der Waals surface area contributed by atoms with E-state index in [4.69, 9.17) is 14.9 Å².